The molecule has 2 aromatic carbocycles. The van der Waals surface area contributed by atoms with E-state index in [1.165, 1.54) is 0 Å². The number of aromatic nitrogens is 2. The molecule has 1 aliphatic heterocycles. The van der Waals surface area contributed by atoms with E-state index in [1.54, 1.807) is 4.57 Å². The van der Waals surface area contributed by atoms with Gasteiger partial charge in [-0.3, -0.25) is 4.57 Å². The molecule has 1 aliphatic rings. The summed E-state index contributed by atoms with van der Waals surface area (Å²) in [5, 5.41) is 1.55. The molecule has 25 heavy (non-hydrogen) atoms. The number of para-hydroxylation sites is 1. The van der Waals surface area contributed by atoms with Crippen molar-refractivity contribution in [3.05, 3.63) is 64.0 Å². The number of hydrogen-bond acceptors (Lipinski definition) is 4. The van der Waals surface area contributed by atoms with Crippen LogP contribution in [-0.2, 0) is 0 Å². The summed E-state index contributed by atoms with van der Waals surface area (Å²) < 4.78 is 1.63. The molecule has 6 heteroatoms. The van der Waals surface area contributed by atoms with Crippen LogP contribution < -0.4 is 10.6 Å². The van der Waals surface area contributed by atoms with Gasteiger partial charge in [0.2, 0.25) is 0 Å². The standard InChI is InChI=1S/C19H19ClN4O/c1-22-9-11-23(12-10-22)18-16-8-7-14(20)13-17(16)24(19(25)21-18)15-5-3-2-4-6-15/h2-8,13H,9-12H2,1H3. The van der Waals surface area contributed by atoms with Gasteiger partial charge in [-0.1, -0.05) is 29.8 Å². The molecule has 0 amide bonds. The van der Waals surface area contributed by atoms with Crippen molar-refractivity contribution >= 4 is 28.3 Å². The highest BCUT2D eigenvalue weighted by atomic mass is 35.5. The van der Waals surface area contributed by atoms with E-state index in [0.29, 0.717) is 5.02 Å². The van der Waals surface area contributed by atoms with Gasteiger partial charge in [0, 0.05) is 36.6 Å². The summed E-state index contributed by atoms with van der Waals surface area (Å²) >= 11 is 6.23. The topological polar surface area (TPSA) is 41.4 Å². The SMILES string of the molecule is CN1CCN(c2nc(=O)n(-c3ccccc3)c3cc(Cl)ccc23)CC1. The van der Waals surface area contributed by atoms with E-state index < -0.39 is 0 Å². The fraction of sp³-hybridized carbons (Fsp3) is 0.263. The van der Waals surface area contributed by atoms with Crippen LogP contribution in [0.3, 0.4) is 0 Å². The lowest BCUT2D eigenvalue weighted by Crippen LogP contribution is -2.45. The Kier molecular flexibility index (Phi) is 4.19. The molecule has 0 spiro atoms. The predicted octanol–water partition coefficient (Wildman–Crippen LogP) is 2.79. The number of halogens is 1. The fourth-order valence-corrected chi connectivity index (χ4v) is 3.43. The first-order chi connectivity index (χ1) is 12.1. The third-order valence-electron chi connectivity index (χ3n) is 4.65. The van der Waals surface area contributed by atoms with Crippen LogP contribution in [-0.4, -0.2) is 47.7 Å². The Morgan fingerprint density at radius 2 is 1.72 bits per heavy atom. The van der Waals surface area contributed by atoms with Crippen LogP contribution in [0.4, 0.5) is 5.82 Å². The van der Waals surface area contributed by atoms with Crippen molar-refractivity contribution in [1.29, 1.82) is 0 Å². The second kappa shape index (κ2) is 6.50. The molecule has 0 N–H and O–H groups in total. The van der Waals surface area contributed by atoms with Crippen molar-refractivity contribution in [1.82, 2.24) is 14.5 Å². The minimum atomic E-state index is -0.283. The van der Waals surface area contributed by atoms with Gasteiger partial charge >= 0.3 is 5.69 Å². The van der Waals surface area contributed by atoms with Crippen molar-refractivity contribution in [2.75, 3.05) is 38.1 Å². The Labute approximate surface area is 151 Å². The number of nitrogens with zero attached hydrogens (tertiary/aromatic N) is 4. The van der Waals surface area contributed by atoms with Crippen molar-refractivity contribution in [2.45, 2.75) is 0 Å². The van der Waals surface area contributed by atoms with Crippen LogP contribution >= 0.6 is 11.6 Å². The maximum Gasteiger partial charge on any atom is 0.354 e. The van der Waals surface area contributed by atoms with Crippen LogP contribution in [0, 0.1) is 0 Å². The maximum atomic E-state index is 12.8. The van der Waals surface area contributed by atoms with Crippen LogP contribution in [0.5, 0.6) is 0 Å². The van der Waals surface area contributed by atoms with Gasteiger partial charge < -0.3 is 9.80 Å². The molecular formula is C19H19ClN4O. The van der Waals surface area contributed by atoms with Gasteiger partial charge in [0.1, 0.15) is 5.82 Å². The van der Waals surface area contributed by atoms with E-state index in [4.69, 9.17) is 11.6 Å². The zero-order valence-corrected chi connectivity index (χ0v) is 14.8. The molecule has 0 radical (unpaired) electrons. The Balaban J connectivity index is 1.94. The summed E-state index contributed by atoms with van der Waals surface area (Å²) in [6, 6.07) is 15.2. The molecule has 4 rings (SSSR count). The smallest absolute Gasteiger partial charge is 0.353 e. The van der Waals surface area contributed by atoms with E-state index in [0.717, 1.165) is 48.6 Å². The van der Waals surface area contributed by atoms with Gasteiger partial charge in [0.25, 0.3) is 0 Å². The fourth-order valence-electron chi connectivity index (χ4n) is 3.27. The lowest BCUT2D eigenvalue weighted by atomic mass is 10.2. The molecule has 0 saturated carbocycles. The molecule has 0 atom stereocenters. The number of likely N-dealkylation sites (N-methyl/N-ethyl adjacent to an activating group) is 1. The predicted molar refractivity (Wildman–Crippen MR) is 102 cm³/mol. The molecule has 1 saturated heterocycles. The summed E-state index contributed by atoms with van der Waals surface area (Å²) in [5.41, 5.74) is 1.29. The molecule has 0 bridgehead atoms. The first-order valence-corrected chi connectivity index (χ1v) is 8.72. The van der Waals surface area contributed by atoms with Gasteiger partial charge in [-0.15, -0.1) is 0 Å². The Morgan fingerprint density at radius 1 is 1.00 bits per heavy atom. The molecule has 1 aromatic heterocycles. The van der Waals surface area contributed by atoms with Crippen LogP contribution in [0.2, 0.25) is 5.02 Å². The molecule has 5 nitrogen and oxygen atoms in total. The lowest BCUT2D eigenvalue weighted by molar-refractivity contribution is 0.312. The third-order valence-corrected chi connectivity index (χ3v) is 4.89. The Bertz CT molecular complexity index is 962. The number of anilines is 1. The summed E-state index contributed by atoms with van der Waals surface area (Å²) in [6.45, 7) is 3.63. The van der Waals surface area contributed by atoms with E-state index in [1.807, 2.05) is 48.5 Å². The summed E-state index contributed by atoms with van der Waals surface area (Å²) in [6.07, 6.45) is 0. The highest BCUT2D eigenvalue weighted by Gasteiger charge is 2.20. The summed E-state index contributed by atoms with van der Waals surface area (Å²) in [4.78, 5) is 21.7. The summed E-state index contributed by atoms with van der Waals surface area (Å²) in [7, 11) is 2.11. The number of benzene rings is 2. The average molecular weight is 355 g/mol. The average Bonchev–Trinajstić information content (AvgIpc) is 2.62. The monoisotopic (exact) mass is 354 g/mol. The highest BCUT2D eigenvalue weighted by Crippen LogP contribution is 2.28. The van der Waals surface area contributed by atoms with Crippen LogP contribution in [0.1, 0.15) is 0 Å². The van der Waals surface area contributed by atoms with Crippen molar-refractivity contribution < 1.29 is 0 Å². The minimum Gasteiger partial charge on any atom is -0.353 e. The van der Waals surface area contributed by atoms with Gasteiger partial charge in [-0.05, 0) is 37.4 Å². The van der Waals surface area contributed by atoms with E-state index in [-0.39, 0.29) is 5.69 Å². The normalized spacial score (nSPS) is 15.7. The van der Waals surface area contributed by atoms with Crippen LogP contribution in [0.15, 0.2) is 53.3 Å². The van der Waals surface area contributed by atoms with Gasteiger partial charge in [-0.2, -0.15) is 4.98 Å². The number of piperazine rings is 1. The highest BCUT2D eigenvalue weighted by molar-refractivity contribution is 6.31. The third kappa shape index (κ3) is 3.01. The van der Waals surface area contributed by atoms with Crippen molar-refractivity contribution in [2.24, 2.45) is 0 Å². The second-order valence-electron chi connectivity index (χ2n) is 6.34. The van der Waals surface area contributed by atoms with E-state index in [2.05, 4.69) is 21.8 Å². The first-order valence-electron chi connectivity index (χ1n) is 8.35. The molecule has 128 valence electrons. The summed E-state index contributed by atoms with van der Waals surface area (Å²) in [5.74, 6) is 0.747. The Morgan fingerprint density at radius 3 is 2.44 bits per heavy atom. The number of hydrogen-bond donors (Lipinski definition) is 0. The quantitative estimate of drug-likeness (QED) is 0.709. The molecule has 2 heterocycles. The second-order valence-corrected chi connectivity index (χ2v) is 6.78. The van der Waals surface area contributed by atoms with E-state index in [9.17, 15) is 4.79 Å². The zero-order chi connectivity index (χ0) is 17.4. The lowest BCUT2D eigenvalue weighted by Gasteiger charge is -2.33. The van der Waals surface area contributed by atoms with Gasteiger partial charge in [0.15, 0.2) is 0 Å². The van der Waals surface area contributed by atoms with Crippen molar-refractivity contribution in [3.63, 3.8) is 0 Å². The first kappa shape index (κ1) is 16.1. The Hall–Kier alpha value is -2.37. The molecule has 0 aliphatic carbocycles. The molecule has 1 fully saturated rings. The van der Waals surface area contributed by atoms with Crippen molar-refractivity contribution in [3.8, 4) is 5.69 Å². The number of rotatable bonds is 2. The maximum absolute atomic E-state index is 12.8. The molecule has 0 unspecified atom stereocenters. The van der Waals surface area contributed by atoms with Gasteiger partial charge in [-0.25, -0.2) is 4.79 Å². The van der Waals surface area contributed by atoms with Gasteiger partial charge in [0.05, 0.1) is 11.2 Å². The zero-order valence-electron chi connectivity index (χ0n) is 14.0. The number of fused-ring (bicyclic) bond motifs is 1. The largest absolute Gasteiger partial charge is 0.354 e. The molecular weight excluding hydrogens is 336 g/mol. The van der Waals surface area contributed by atoms with Crippen LogP contribution in [0.25, 0.3) is 16.6 Å². The van der Waals surface area contributed by atoms with E-state index >= 15 is 0 Å². The minimum absolute atomic E-state index is 0.283. The molecule has 3 aromatic rings.